The first-order valence-corrected chi connectivity index (χ1v) is 26.7. The monoisotopic (exact) mass is 1150 g/mol. The Morgan fingerprint density at radius 1 is 0.440 bits per heavy atom. The summed E-state index contributed by atoms with van der Waals surface area (Å²) in [5.41, 5.74) is 1.82. The predicted molar refractivity (Wildman–Crippen MR) is 312 cm³/mol. The molecule has 0 saturated carbocycles. The molecule has 0 aliphatic rings. The maximum Gasteiger partial charge on any atom is 0.307 e. The van der Waals surface area contributed by atoms with Gasteiger partial charge in [-0.15, -0.1) is 0 Å². The molecule has 0 bridgehead atoms. The van der Waals surface area contributed by atoms with Crippen molar-refractivity contribution in [3.63, 3.8) is 0 Å². The van der Waals surface area contributed by atoms with Crippen LogP contribution in [0.4, 0.5) is 17.6 Å². The first kappa shape index (κ1) is 64.1. The molecule has 8 amide bonds. The summed E-state index contributed by atoms with van der Waals surface area (Å²) in [5.74, 6) is -7.89. The van der Waals surface area contributed by atoms with Crippen LogP contribution < -0.4 is 64.4 Å². The molecule has 84 heavy (non-hydrogen) atoms. The molecule has 0 spiro atoms. The van der Waals surface area contributed by atoms with Crippen molar-refractivity contribution >= 4 is 99.4 Å². The molecule has 6 aromatic rings. The number of amides is 8. The van der Waals surface area contributed by atoms with E-state index in [1.807, 2.05) is 0 Å². The Balaban J connectivity index is 1.16. The minimum absolute atomic E-state index is 0.00459. The largest absolute Gasteiger partial charge is 0.449 e. The lowest BCUT2D eigenvalue weighted by Gasteiger charge is -2.19. The third-order valence-electron chi connectivity index (χ3n) is 13.2. The van der Waals surface area contributed by atoms with E-state index in [-0.39, 0.29) is 121 Å². The smallest absolute Gasteiger partial charge is 0.307 e. The lowest BCUT2D eigenvalue weighted by atomic mass is 9.87. The normalized spacial score (nSPS) is 11.0. The van der Waals surface area contributed by atoms with Crippen LogP contribution in [0.3, 0.4) is 0 Å². The lowest BCUT2D eigenvalue weighted by molar-refractivity contribution is -0.123. The zero-order chi connectivity index (χ0) is 60.9. The van der Waals surface area contributed by atoms with E-state index in [1.165, 1.54) is 72.8 Å². The van der Waals surface area contributed by atoms with Crippen LogP contribution in [-0.2, 0) is 35.8 Å². The van der Waals surface area contributed by atoms with E-state index in [4.69, 9.17) is 0 Å². The molecule has 11 N–H and O–H groups in total. The van der Waals surface area contributed by atoms with Gasteiger partial charge in [0.05, 0.1) is 0 Å². The van der Waals surface area contributed by atoms with Gasteiger partial charge in [-0.25, -0.2) is 17.6 Å². The van der Waals surface area contributed by atoms with E-state index in [1.54, 1.807) is 26.9 Å². The topological polar surface area (TPSA) is 293 Å². The Hall–Kier alpha value is -9.06. The Morgan fingerprint density at radius 3 is 1.20 bits per heavy atom. The second-order valence-electron chi connectivity index (χ2n) is 19.4. The van der Waals surface area contributed by atoms with Gasteiger partial charge in [-0.3, -0.25) is 38.4 Å². The average molecular weight is 1150 g/mol. The van der Waals surface area contributed by atoms with Crippen LogP contribution in [0, 0.1) is 23.3 Å². The molecule has 0 radical (unpaired) electrons. The summed E-state index contributed by atoms with van der Waals surface area (Å²) in [7, 11) is -0.184. The third-order valence-corrected chi connectivity index (χ3v) is 13.2. The SMILES string of the molecule is Bc1ccc(C(=O)NCc2cc(CNC(=O)c3ccc(BO)c(F)c3)cc(C(=O)N[C@@H](CCCCNC(=O)c3cc(CNC(=O)c4ccc(BO)c(F)c4)cc(CNC(=O)c4ccc(BO)c(F)c4)c3)C(=O)NCCC(=O)NCC)c2)cc1F. The minimum atomic E-state index is -1.21. The molecule has 27 heteroatoms. The summed E-state index contributed by atoms with van der Waals surface area (Å²) in [6.45, 7) is 1.37. The highest BCUT2D eigenvalue weighted by molar-refractivity contribution is 6.46. The van der Waals surface area contributed by atoms with Gasteiger partial charge in [-0.1, -0.05) is 41.9 Å². The van der Waals surface area contributed by atoms with Gasteiger partial charge in [0.15, 0.2) is 0 Å². The van der Waals surface area contributed by atoms with Crippen molar-refractivity contribution in [1.82, 2.24) is 42.5 Å². The van der Waals surface area contributed by atoms with E-state index in [0.717, 1.165) is 24.3 Å². The lowest BCUT2D eigenvalue weighted by Crippen LogP contribution is -2.47. The van der Waals surface area contributed by atoms with Crippen LogP contribution in [0.1, 0.15) is 117 Å². The second kappa shape index (κ2) is 31.4. The van der Waals surface area contributed by atoms with Crippen molar-refractivity contribution < 1.29 is 71.0 Å². The Labute approximate surface area is 483 Å². The molecule has 434 valence electrons. The van der Waals surface area contributed by atoms with Crippen LogP contribution in [0.5, 0.6) is 0 Å². The van der Waals surface area contributed by atoms with Gasteiger partial charge >= 0.3 is 22.4 Å². The first-order chi connectivity index (χ1) is 40.3. The average Bonchev–Trinajstić information content (AvgIpc) is 3.66. The molecule has 0 saturated heterocycles. The molecule has 0 fully saturated rings. The molecular formula is C57H60B4F4N8O11. The molecule has 0 heterocycles. The molecule has 0 aliphatic carbocycles. The van der Waals surface area contributed by atoms with Crippen molar-refractivity contribution in [1.29, 1.82) is 0 Å². The number of nitrogens with one attached hydrogen (secondary N) is 8. The summed E-state index contributed by atoms with van der Waals surface area (Å²) in [6.07, 6.45) is 0.449. The van der Waals surface area contributed by atoms with E-state index in [9.17, 15) is 71.0 Å². The molecule has 0 aliphatic heterocycles. The standard InChI is InChI=1S/C57H60B4F4N8O11/c1-2-66-50(74)14-16-68-57(81)49(73-56(80)40-21-33(29-69-51(75)35-6-10-41(58)45(62)23-35)18-34(22-40)30-72-54(78)38-9-13-44(61-84)48(65)26-38)5-3-4-15-67-55(79)39-19-31(27-70-52(76)36-7-11-42(59-82)46(63)24-36)17-32(20-39)28-71-53(77)37-8-12-43(60-83)47(64)25-37/h6-13,17-26,49,59-61,82-84H,2-5,14-16,27-30,58H2,1H3,(H,66,74)(H,67,79)(H,68,81)(H,69,75)(H,70,76)(H,71,77)(H,72,78)(H,73,80)/t49-/m0/s1. The van der Waals surface area contributed by atoms with Crippen molar-refractivity contribution in [3.05, 3.63) is 188 Å². The fraction of sp³-hybridized carbons (Fsp3) is 0.228. The Bertz CT molecular complexity index is 3350. The number of benzene rings is 6. The molecule has 0 aromatic heterocycles. The number of carbonyl (C=O) groups is 8. The fourth-order valence-corrected chi connectivity index (χ4v) is 8.51. The number of unbranched alkanes of at least 4 members (excludes halogenated alkanes) is 1. The maximum absolute atomic E-state index is 14.5. The van der Waals surface area contributed by atoms with Crippen LogP contribution in [-0.4, -0.2) is 118 Å². The number of hydrogen-bond acceptors (Lipinski definition) is 11. The summed E-state index contributed by atoms with van der Waals surface area (Å²) in [6, 6.07) is 22.5. The highest BCUT2D eigenvalue weighted by Gasteiger charge is 2.23. The van der Waals surface area contributed by atoms with Gasteiger partial charge in [0, 0.05) is 85.6 Å². The predicted octanol–water partition coefficient (Wildman–Crippen LogP) is -1.53. The Morgan fingerprint density at radius 2 is 0.821 bits per heavy atom. The van der Waals surface area contributed by atoms with Gasteiger partial charge in [0.25, 0.3) is 35.4 Å². The van der Waals surface area contributed by atoms with Gasteiger partial charge in [0.2, 0.25) is 11.8 Å². The highest BCUT2D eigenvalue weighted by Crippen LogP contribution is 2.16. The van der Waals surface area contributed by atoms with Crippen molar-refractivity contribution in [2.45, 2.75) is 64.8 Å². The van der Waals surface area contributed by atoms with Crippen molar-refractivity contribution in [2.75, 3.05) is 19.6 Å². The minimum Gasteiger partial charge on any atom is -0.449 e. The maximum atomic E-state index is 14.5. The molecule has 6 rings (SSSR count). The van der Waals surface area contributed by atoms with Gasteiger partial charge in [-0.2, -0.15) is 0 Å². The third kappa shape index (κ3) is 18.7. The zero-order valence-electron chi connectivity index (χ0n) is 46.0. The Kier molecular flexibility index (Phi) is 24.0. The van der Waals surface area contributed by atoms with E-state index >= 15 is 0 Å². The quantitative estimate of drug-likeness (QED) is 0.0152. The number of halogens is 4. The van der Waals surface area contributed by atoms with Gasteiger partial charge in [-0.05, 0) is 138 Å². The van der Waals surface area contributed by atoms with E-state index in [2.05, 4.69) is 42.5 Å². The number of hydrogen-bond donors (Lipinski definition) is 11. The van der Waals surface area contributed by atoms with Gasteiger partial charge < -0.3 is 57.6 Å². The van der Waals surface area contributed by atoms with Crippen molar-refractivity contribution in [3.8, 4) is 0 Å². The summed E-state index contributed by atoms with van der Waals surface area (Å²) < 4.78 is 57.7. The van der Waals surface area contributed by atoms with Crippen molar-refractivity contribution in [2.24, 2.45) is 0 Å². The summed E-state index contributed by atoms with van der Waals surface area (Å²) in [4.78, 5) is 106. The van der Waals surface area contributed by atoms with Crippen LogP contribution in [0.15, 0.2) is 109 Å². The molecule has 0 unspecified atom stereocenters. The van der Waals surface area contributed by atoms with Crippen LogP contribution in [0.25, 0.3) is 0 Å². The van der Waals surface area contributed by atoms with E-state index in [0.29, 0.717) is 34.3 Å². The number of carbonyl (C=O) groups excluding carboxylic acids is 8. The van der Waals surface area contributed by atoms with E-state index < -0.39 is 93.1 Å². The van der Waals surface area contributed by atoms with Gasteiger partial charge in [0.1, 0.15) is 37.2 Å². The summed E-state index contributed by atoms with van der Waals surface area (Å²) in [5, 5.41) is 49.6. The first-order valence-electron chi connectivity index (χ1n) is 26.7. The molecule has 19 nitrogen and oxygen atoms in total. The molecular weight excluding hydrogens is 1090 g/mol. The molecule has 6 aromatic carbocycles. The second-order valence-corrected chi connectivity index (χ2v) is 19.4. The zero-order valence-corrected chi connectivity index (χ0v) is 46.0. The van der Waals surface area contributed by atoms with Crippen LogP contribution >= 0.6 is 0 Å². The fourth-order valence-electron chi connectivity index (χ4n) is 8.51. The highest BCUT2D eigenvalue weighted by atomic mass is 19.1. The van der Waals surface area contributed by atoms with Crippen LogP contribution in [0.2, 0.25) is 0 Å². The number of rotatable bonds is 28. The molecule has 1 atom stereocenters. The summed E-state index contributed by atoms with van der Waals surface area (Å²) >= 11 is 0.